The molecule has 1 atom stereocenters. The van der Waals surface area contributed by atoms with Crippen molar-refractivity contribution in [1.29, 1.82) is 0 Å². The van der Waals surface area contributed by atoms with Gasteiger partial charge in [0.25, 0.3) is 0 Å². The molecule has 2 aromatic carbocycles. The van der Waals surface area contributed by atoms with Crippen LogP contribution in [0.25, 0.3) is 0 Å². The van der Waals surface area contributed by atoms with E-state index in [1.54, 1.807) is 11.8 Å². The summed E-state index contributed by atoms with van der Waals surface area (Å²) in [5.41, 5.74) is 2.41. The normalized spacial score (nSPS) is 17.4. The molecular formula is C21H20N4OS2. The Balaban J connectivity index is 1.33. The van der Waals surface area contributed by atoms with Gasteiger partial charge in [-0.2, -0.15) is 0 Å². The van der Waals surface area contributed by atoms with Crippen LogP contribution in [0.3, 0.4) is 0 Å². The molecule has 5 rings (SSSR count). The molecule has 0 saturated heterocycles. The molecule has 0 spiro atoms. The second-order valence-electron chi connectivity index (χ2n) is 6.70. The van der Waals surface area contributed by atoms with E-state index in [4.69, 9.17) is 4.74 Å². The summed E-state index contributed by atoms with van der Waals surface area (Å²) in [6.45, 7) is 2.75. The topological polar surface area (TPSA) is 43.2 Å². The Bertz CT molecular complexity index is 1000. The first-order valence-corrected chi connectivity index (χ1v) is 11.1. The van der Waals surface area contributed by atoms with Crippen molar-refractivity contribution in [3.8, 4) is 5.75 Å². The van der Waals surface area contributed by atoms with Crippen LogP contribution in [0, 0.1) is 0 Å². The third-order valence-corrected chi connectivity index (χ3v) is 6.91. The van der Waals surface area contributed by atoms with Gasteiger partial charge in [-0.15, -0.1) is 10.2 Å². The predicted molar refractivity (Wildman–Crippen MR) is 114 cm³/mol. The number of thioether (sulfide) groups is 2. The SMILES string of the molecule is CCCc1nnc2n1N1C(=CSC1c1ccc(OCc3ccccc3)cc1)S2. The molecule has 0 bridgehead atoms. The fraction of sp³-hybridized carbons (Fsp3) is 0.238. The standard InChI is InChI=1S/C21H20N4OS2/c1-2-6-18-22-23-21-24(18)25-19(28-21)14-27-20(25)16-9-11-17(12-10-16)26-13-15-7-4-3-5-8-15/h3-5,7-12,14,20H,2,6,13H2,1H3. The molecule has 3 heterocycles. The van der Waals surface area contributed by atoms with Crippen LogP contribution in [0.4, 0.5) is 0 Å². The van der Waals surface area contributed by atoms with Gasteiger partial charge in [0.05, 0.1) is 0 Å². The molecule has 5 nitrogen and oxygen atoms in total. The van der Waals surface area contributed by atoms with Crippen molar-refractivity contribution in [1.82, 2.24) is 14.9 Å². The number of ether oxygens (including phenoxy) is 1. The molecule has 1 unspecified atom stereocenters. The quantitative estimate of drug-likeness (QED) is 0.565. The highest BCUT2D eigenvalue weighted by molar-refractivity contribution is 8.07. The Hall–Kier alpha value is -2.38. The van der Waals surface area contributed by atoms with Crippen molar-refractivity contribution in [3.63, 3.8) is 0 Å². The molecule has 0 N–H and O–H groups in total. The smallest absolute Gasteiger partial charge is 0.216 e. The monoisotopic (exact) mass is 408 g/mol. The van der Waals surface area contributed by atoms with Gasteiger partial charge in [-0.25, -0.2) is 4.68 Å². The molecule has 0 amide bonds. The summed E-state index contributed by atoms with van der Waals surface area (Å²) in [4.78, 5) is 0. The highest BCUT2D eigenvalue weighted by atomic mass is 32.2. The van der Waals surface area contributed by atoms with Crippen LogP contribution in [0.2, 0.25) is 0 Å². The van der Waals surface area contributed by atoms with Crippen molar-refractivity contribution in [3.05, 3.63) is 82.0 Å². The van der Waals surface area contributed by atoms with Gasteiger partial charge in [0.2, 0.25) is 5.16 Å². The lowest BCUT2D eigenvalue weighted by molar-refractivity contribution is 0.306. The molecule has 28 heavy (non-hydrogen) atoms. The van der Waals surface area contributed by atoms with E-state index >= 15 is 0 Å². The third-order valence-electron chi connectivity index (χ3n) is 4.72. The van der Waals surface area contributed by atoms with E-state index < -0.39 is 0 Å². The van der Waals surface area contributed by atoms with Crippen LogP contribution in [0.15, 0.2) is 70.2 Å². The predicted octanol–water partition coefficient (Wildman–Crippen LogP) is 5.10. The molecule has 142 valence electrons. The highest BCUT2D eigenvalue weighted by Crippen LogP contribution is 2.51. The summed E-state index contributed by atoms with van der Waals surface area (Å²) in [5, 5.41) is 15.6. The first-order chi connectivity index (χ1) is 13.8. The van der Waals surface area contributed by atoms with Crippen molar-refractivity contribution in [2.75, 3.05) is 5.01 Å². The van der Waals surface area contributed by atoms with E-state index in [1.807, 2.05) is 30.0 Å². The number of aryl methyl sites for hydroxylation is 1. The van der Waals surface area contributed by atoms with Crippen molar-refractivity contribution >= 4 is 23.5 Å². The number of fused-ring (bicyclic) bond motifs is 3. The van der Waals surface area contributed by atoms with Crippen molar-refractivity contribution in [2.45, 2.75) is 36.9 Å². The molecule has 2 aliphatic rings. The first kappa shape index (κ1) is 17.7. The minimum absolute atomic E-state index is 0.193. The van der Waals surface area contributed by atoms with Gasteiger partial charge in [-0.05, 0) is 41.4 Å². The number of nitrogens with zero attached hydrogens (tertiary/aromatic N) is 4. The molecule has 0 radical (unpaired) electrons. The number of benzene rings is 2. The van der Waals surface area contributed by atoms with E-state index in [2.05, 4.69) is 68.6 Å². The fourth-order valence-corrected chi connectivity index (χ4v) is 5.61. The van der Waals surface area contributed by atoms with E-state index in [-0.39, 0.29) is 5.37 Å². The van der Waals surface area contributed by atoms with Crippen molar-refractivity contribution in [2.24, 2.45) is 0 Å². The van der Waals surface area contributed by atoms with Gasteiger partial charge < -0.3 is 4.74 Å². The van der Waals surface area contributed by atoms with Gasteiger partial charge in [-0.3, -0.25) is 5.01 Å². The second-order valence-corrected chi connectivity index (χ2v) is 8.64. The largest absolute Gasteiger partial charge is 0.489 e. The Kier molecular flexibility index (Phi) is 4.78. The minimum atomic E-state index is 0.193. The highest BCUT2D eigenvalue weighted by Gasteiger charge is 2.39. The lowest BCUT2D eigenvalue weighted by Crippen LogP contribution is -2.30. The maximum absolute atomic E-state index is 5.93. The number of rotatable bonds is 6. The van der Waals surface area contributed by atoms with Gasteiger partial charge in [0.15, 0.2) is 5.82 Å². The third kappa shape index (κ3) is 3.18. The molecule has 3 aromatic rings. The van der Waals surface area contributed by atoms with Gasteiger partial charge in [0, 0.05) is 11.8 Å². The zero-order valence-electron chi connectivity index (χ0n) is 15.5. The van der Waals surface area contributed by atoms with E-state index in [9.17, 15) is 0 Å². The average Bonchev–Trinajstić information content (AvgIpc) is 3.40. The summed E-state index contributed by atoms with van der Waals surface area (Å²) in [5.74, 6) is 1.92. The van der Waals surface area contributed by atoms with Crippen molar-refractivity contribution < 1.29 is 4.74 Å². The minimum Gasteiger partial charge on any atom is -0.489 e. The lowest BCUT2D eigenvalue weighted by atomic mass is 10.2. The van der Waals surface area contributed by atoms with E-state index in [0.717, 1.165) is 29.6 Å². The van der Waals surface area contributed by atoms with Crippen LogP contribution in [-0.4, -0.2) is 14.9 Å². The zero-order chi connectivity index (χ0) is 18.9. The molecule has 7 heteroatoms. The number of hydrogen-bond acceptors (Lipinski definition) is 6. The zero-order valence-corrected chi connectivity index (χ0v) is 17.1. The van der Waals surface area contributed by atoms with Crippen LogP contribution in [-0.2, 0) is 13.0 Å². The van der Waals surface area contributed by atoms with E-state index in [0.29, 0.717) is 6.61 Å². The molecule has 0 saturated carbocycles. The summed E-state index contributed by atoms with van der Waals surface area (Å²) < 4.78 is 8.11. The second kappa shape index (κ2) is 7.56. The molecular weight excluding hydrogens is 388 g/mol. The van der Waals surface area contributed by atoms with Crippen LogP contribution in [0.5, 0.6) is 5.75 Å². The number of aromatic nitrogens is 3. The van der Waals surface area contributed by atoms with Crippen LogP contribution in [0.1, 0.15) is 35.7 Å². The Morgan fingerprint density at radius 3 is 2.64 bits per heavy atom. The summed E-state index contributed by atoms with van der Waals surface area (Å²) >= 11 is 3.51. The molecule has 1 aromatic heterocycles. The van der Waals surface area contributed by atoms with Crippen LogP contribution >= 0.6 is 23.5 Å². The summed E-state index contributed by atoms with van der Waals surface area (Å²) in [7, 11) is 0. The Labute approximate surface area is 172 Å². The fourth-order valence-electron chi connectivity index (χ4n) is 3.36. The van der Waals surface area contributed by atoms with E-state index in [1.165, 1.54) is 16.2 Å². The first-order valence-electron chi connectivity index (χ1n) is 9.37. The van der Waals surface area contributed by atoms with Gasteiger partial charge in [-0.1, -0.05) is 61.2 Å². The number of hydrogen-bond donors (Lipinski definition) is 0. The van der Waals surface area contributed by atoms with Gasteiger partial charge in [0.1, 0.15) is 22.8 Å². The van der Waals surface area contributed by atoms with Gasteiger partial charge >= 0.3 is 0 Å². The molecule has 0 aliphatic carbocycles. The Morgan fingerprint density at radius 1 is 1.04 bits per heavy atom. The maximum Gasteiger partial charge on any atom is 0.216 e. The molecule has 2 aliphatic heterocycles. The summed E-state index contributed by atoms with van der Waals surface area (Å²) in [6.07, 6.45) is 1.99. The Morgan fingerprint density at radius 2 is 1.86 bits per heavy atom. The average molecular weight is 409 g/mol. The van der Waals surface area contributed by atoms with Crippen LogP contribution < -0.4 is 9.75 Å². The lowest BCUT2D eigenvalue weighted by Gasteiger charge is -2.26. The maximum atomic E-state index is 5.93. The summed E-state index contributed by atoms with van der Waals surface area (Å²) in [6, 6.07) is 18.7. The molecule has 0 fully saturated rings.